The molecule has 0 bridgehead atoms. The van der Waals surface area contributed by atoms with Crippen molar-refractivity contribution in [3.05, 3.63) is 54.1 Å². The van der Waals surface area contributed by atoms with Crippen LogP contribution in [0, 0.1) is 12.8 Å². The number of aryl methyl sites for hydroxylation is 1. The van der Waals surface area contributed by atoms with Gasteiger partial charge in [-0.1, -0.05) is 56.3 Å². The third-order valence-corrected chi connectivity index (χ3v) is 3.00. The maximum atomic E-state index is 11.8. The van der Waals surface area contributed by atoms with Crippen LogP contribution in [-0.4, -0.2) is 5.97 Å². The Hall–Kier alpha value is -2.09. The number of carbonyl (C=O) groups is 1. The molecule has 2 aromatic carbocycles. The minimum atomic E-state index is -0.207. The number of hydrogen-bond donors (Lipinski definition) is 0. The maximum absolute atomic E-state index is 11.8. The smallest absolute Gasteiger partial charge is 0.313 e. The fourth-order valence-corrected chi connectivity index (χ4v) is 1.88. The summed E-state index contributed by atoms with van der Waals surface area (Å²) in [7, 11) is 0. The van der Waals surface area contributed by atoms with E-state index in [4.69, 9.17) is 4.74 Å². The second kappa shape index (κ2) is 5.70. The Morgan fingerprint density at radius 1 is 0.947 bits per heavy atom. The van der Waals surface area contributed by atoms with Crippen LogP contribution in [0.5, 0.6) is 5.75 Å². The molecule has 19 heavy (non-hydrogen) atoms. The molecule has 0 aliphatic carbocycles. The molecule has 2 rings (SSSR count). The second-order valence-electron chi connectivity index (χ2n) is 4.89. The third kappa shape index (κ3) is 3.02. The van der Waals surface area contributed by atoms with Gasteiger partial charge in [-0.2, -0.15) is 0 Å². The van der Waals surface area contributed by atoms with E-state index in [1.165, 1.54) is 0 Å². The van der Waals surface area contributed by atoms with E-state index in [-0.39, 0.29) is 11.9 Å². The zero-order chi connectivity index (χ0) is 13.8. The van der Waals surface area contributed by atoms with Crippen LogP contribution in [0.3, 0.4) is 0 Å². The van der Waals surface area contributed by atoms with Crippen molar-refractivity contribution in [3.8, 4) is 16.9 Å². The molecule has 0 aliphatic heterocycles. The van der Waals surface area contributed by atoms with Gasteiger partial charge in [0.1, 0.15) is 5.75 Å². The number of rotatable bonds is 3. The molecule has 2 aromatic rings. The Morgan fingerprint density at radius 3 is 2.16 bits per heavy atom. The lowest BCUT2D eigenvalue weighted by Gasteiger charge is -2.13. The lowest BCUT2D eigenvalue weighted by molar-refractivity contribution is -0.137. The van der Waals surface area contributed by atoms with Gasteiger partial charge in [0, 0.05) is 5.56 Å². The molecule has 0 saturated carbocycles. The van der Waals surface area contributed by atoms with E-state index in [9.17, 15) is 4.79 Å². The van der Waals surface area contributed by atoms with Crippen LogP contribution in [0.4, 0.5) is 0 Å². The zero-order valence-electron chi connectivity index (χ0n) is 11.5. The Bertz CT molecular complexity index is 585. The Balaban J connectivity index is 2.42. The largest absolute Gasteiger partial charge is 0.426 e. The molecule has 98 valence electrons. The molecule has 0 N–H and O–H groups in total. The summed E-state index contributed by atoms with van der Waals surface area (Å²) in [5, 5.41) is 0. The first kappa shape index (κ1) is 13.3. The van der Waals surface area contributed by atoms with E-state index in [0.29, 0.717) is 5.75 Å². The van der Waals surface area contributed by atoms with Gasteiger partial charge in [-0.25, -0.2) is 0 Å². The van der Waals surface area contributed by atoms with E-state index in [1.807, 2.05) is 56.3 Å². The summed E-state index contributed by atoms with van der Waals surface area (Å²) in [6.07, 6.45) is 0. The minimum Gasteiger partial charge on any atom is -0.426 e. The van der Waals surface area contributed by atoms with Crippen LogP contribution in [0.15, 0.2) is 48.5 Å². The lowest BCUT2D eigenvalue weighted by atomic mass is 10.00. The number of carbonyl (C=O) groups excluding carboxylic acids is 1. The monoisotopic (exact) mass is 254 g/mol. The SMILES string of the molecule is Cc1ccccc1-c1ccccc1OC(=O)C(C)C. The number of hydrogen-bond acceptors (Lipinski definition) is 2. The summed E-state index contributed by atoms with van der Waals surface area (Å²) in [5.74, 6) is 0.279. The topological polar surface area (TPSA) is 26.3 Å². The normalized spacial score (nSPS) is 10.5. The average Bonchev–Trinajstić information content (AvgIpc) is 2.40. The summed E-state index contributed by atoms with van der Waals surface area (Å²) in [6, 6.07) is 15.7. The quantitative estimate of drug-likeness (QED) is 0.605. The molecular formula is C17H18O2. The summed E-state index contributed by atoms with van der Waals surface area (Å²) in [6.45, 7) is 5.72. The lowest BCUT2D eigenvalue weighted by Crippen LogP contribution is -2.15. The Morgan fingerprint density at radius 2 is 1.53 bits per heavy atom. The van der Waals surface area contributed by atoms with Crippen molar-refractivity contribution in [1.29, 1.82) is 0 Å². The summed E-state index contributed by atoms with van der Waals surface area (Å²) < 4.78 is 5.48. The van der Waals surface area contributed by atoms with Gasteiger partial charge < -0.3 is 4.74 Å². The molecule has 0 spiro atoms. The Labute approximate surface area is 114 Å². The molecule has 0 heterocycles. The average molecular weight is 254 g/mol. The van der Waals surface area contributed by atoms with Gasteiger partial charge in [0.2, 0.25) is 0 Å². The highest BCUT2D eigenvalue weighted by molar-refractivity contribution is 5.80. The maximum Gasteiger partial charge on any atom is 0.313 e. The van der Waals surface area contributed by atoms with Crippen LogP contribution < -0.4 is 4.74 Å². The van der Waals surface area contributed by atoms with Crippen LogP contribution in [0.25, 0.3) is 11.1 Å². The molecule has 0 atom stereocenters. The molecule has 0 amide bonds. The molecule has 0 fully saturated rings. The van der Waals surface area contributed by atoms with Gasteiger partial charge in [-0.3, -0.25) is 4.79 Å². The molecule has 0 aromatic heterocycles. The number of para-hydroxylation sites is 1. The first-order chi connectivity index (χ1) is 9.09. The molecule has 0 unspecified atom stereocenters. The van der Waals surface area contributed by atoms with E-state index in [2.05, 4.69) is 13.0 Å². The van der Waals surface area contributed by atoms with Gasteiger partial charge in [0.05, 0.1) is 5.92 Å². The van der Waals surface area contributed by atoms with E-state index < -0.39 is 0 Å². The van der Waals surface area contributed by atoms with Crippen LogP contribution in [0.2, 0.25) is 0 Å². The fraction of sp³-hybridized carbons (Fsp3) is 0.235. The molecule has 0 aliphatic rings. The van der Waals surface area contributed by atoms with Crippen molar-refractivity contribution in [2.75, 3.05) is 0 Å². The number of ether oxygens (including phenoxy) is 1. The zero-order valence-corrected chi connectivity index (χ0v) is 11.5. The number of esters is 1. The molecule has 2 nitrogen and oxygen atoms in total. The van der Waals surface area contributed by atoms with E-state index in [1.54, 1.807) is 0 Å². The summed E-state index contributed by atoms with van der Waals surface area (Å²) in [4.78, 5) is 11.8. The fourth-order valence-electron chi connectivity index (χ4n) is 1.88. The van der Waals surface area contributed by atoms with Gasteiger partial charge in [-0.15, -0.1) is 0 Å². The third-order valence-electron chi connectivity index (χ3n) is 3.00. The predicted octanol–water partition coefficient (Wildman–Crippen LogP) is 4.22. The van der Waals surface area contributed by atoms with Crippen molar-refractivity contribution in [1.82, 2.24) is 0 Å². The van der Waals surface area contributed by atoms with Gasteiger partial charge in [0.15, 0.2) is 0 Å². The standard InChI is InChI=1S/C17H18O2/c1-12(2)17(18)19-16-11-7-6-10-15(16)14-9-5-4-8-13(14)3/h4-12H,1-3H3. The van der Waals surface area contributed by atoms with E-state index >= 15 is 0 Å². The Kier molecular flexibility index (Phi) is 4.00. The van der Waals surface area contributed by atoms with Crippen LogP contribution in [-0.2, 0) is 4.79 Å². The number of benzene rings is 2. The van der Waals surface area contributed by atoms with Crippen LogP contribution in [0.1, 0.15) is 19.4 Å². The molecule has 2 heteroatoms. The van der Waals surface area contributed by atoms with Crippen molar-refractivity contribution in [3.63, 3.8) is 0 Å². The van der Waals surface area contributed by atoms with Crippen molar-refractivity contribution in [2.45, 2.75) is 20.8 Å². The highest BCUT2D eigenvalue weighted by atomic mass is 16.5. The van der Waals surface area contributed by atoms with Crippen molar-refractivity contribution in [2.24, 2.45) is 5.92 Å². The van der Waals surface area contributed by atoms with E-state index in [0.717, 1.165) is 16.7 Å². The van der Waals surface area contributed by atoms with Crippen molar-refractivity contribution >= 4 is 5.97 Å². The van der Waals surface area contributed by atoms with Gasteiger partial charge in [-0.05, 0) is 24.1 Å². The molecule has 0 saturated heterocycles. The first-order valence-corrected chi connectivity index (χ1v) is 6.46. The highest BCUT2D eigenvalue weighted by Crippen LogP contribution is 2.32. The first-order valence-electron chi connectivity index (χ1n) is 6.46. The minimum absolute atomic E-state index is 0.134. The van der Waals surface area contributed by atoms with Gasteiger partial charge >= 0.3 is 5.97 Å². The van der Waals surface area contributed by atoms with Crippen LogP contribution >= 0.6 is 0 Å². The highest BCUT2D eigenvalue weighted by Gasteiger charge is 2.14. The molecule has 0 radical (unpaired) electrons. The summed E-state index contributed by atoms with van der Waals surface area (Å²) in [5.41, 5.74) is 3.21. The summed E-state index contributed by atoms with van der Waals surface area (Å²) >= 11 is 0. The predicted molar refractivity (Wildman–Crippen MR) is 77.1 cm³/mol. The molecular weight excluding hydrogens is 236 g/mol. The second-order valence-corrected chi connectivity index (χ2v) is 4.89. The van der Waals surface area contributed by atoms with Gasteiger partial charge in [0.25, 0.3) is 0 Å². The van der Waals surface area contributed by atoms with Crippen molar-refractivity contribution < 1.29 is 9.53 Å².